The summed E-state index contributed by atoms with van der Waals surface area (Å²) in [5.74, 6) is 1.51. The number of nitrogens with one attached hydrogen (secondary N) is 1. The average Bonchev–Trinajstić information content (AvgIpc) is 3.04. The second kappa shape index (κ2) is 6.15. The van der Waals surface area contributed by atoms with Crippen LogP contribution < -0.4 is 15.3 Å². The maximum atomic E-state index is 5.73. The van der Waals surface area contributed by atoms with Crippen LogP contribution in [0.25, 0.3) is 12.5 Å². The molecule has 2 aliphatic rings. The lowest BCUT2D eigenvalue weighted by molar-refractivity contribution is 0.0316. The summed E-state index contributed by atoms with van der Waals surface area (Å²) in [6, 6.07) is 0. The van der Waals surface area contributed by atoms with E-state index in [1.807, 2.05) is 6.92 Å². The van der Waals surface area contributed by atoms with E-state index in [0.29, 0.717) is 17.2 Å². The van der Waals surface area contributed by atoms with E-state index in [9.17, 15) is 0 Å². The Balaban J connectivity index is 1.60. The summed E-state index contributed by atoms with van der Waals surface area (Å²) in [6.45, 7) is 6.74. The molecule has 2 aliphatic heterocycles. The Morgan fingerprint density at radius 2 is 2.40 bits per heavy atom. The van der Waals surface area contributed by atoms with Gasteiger partial charge in [-0.05, 0) is 26.2 Å². The highest BCUT2D eigenvalue weighted by atomic mass is 32.2. The third-order valence-corrected chi connectivity index (χ3v) is 5.09. The molecule has 20 heavy (non-hydrogen) atoms. The summed E-state index contributed by atoms with van der Waals surface area (Å²) in [7, 11) is 0. The predicted octanol–water partition coefficient (Wildman–Crippen LogP) is 1.12. The minimum Gasteiger partial charge on any atom is -0.413 e. The van der Waals surface area contributed by atoms with E-state index in [2.05, 4.69) is 22.1 Å². The lowest BCUT2D eigenvalue weighted by Gasteiger charge is -2.21. The van der Waals surface area contributed by atoms with Gasteiger partial charge in [-0.3, -0.25) is 0 Å². The SMILES string of the molecule is C=c1nc(C)sc1=C1NN=C(SCC2CCCCO2)O1. The molecule has 1 fully saturated rings. The van der Waals surface area contributed by atoms with Crippen LogP contribution in [0.3, 0.4) is 0 Å². The number of aromatic nitrogens is 1. The largest absolute Gasteiger partial charge is 0.413 e. The van der Waals surface area contributed by atoms with Crippen molar-refractivity contribution < 1.29 is 9.47 Å². The van der Waals surface area contributed by atoms with Gasteiger partial charge >= 0.3 is 0 Å². The fourth-order valence-electron chi connectivity index (χ4n) is 2.14. The number of thioether (sulfide) groups is 1. The van der Waals surface area contributed by atoms with Crippen LogP contribution in [0.15, 0.2) is 5.10 Å². The third-order valence-electron chi connectivity index (χ3n) is 3.12. The van der Waals surface area contributed by atoms with Gasteiger partial charge in [-0.15, -0.1) is 16.4 Å². The van der Waals surface area contributed by atoms with E-state index in [1.165, 1.54) is 12.8 Å². The first-order valence-electron chi connectivity index (χ1n) is 6.65. The number of aryl methyl sites for hydroxylation is 1. The molecule has 0 saturated carbocycles. The molecule has 0 spiro atoms. The maximum Gasteiger partial charge on any atom is 0.274 e. The lowest BCUT2D eigenvalue weighted by Crippen LogP contribution is -2.25. The fourth-order valence-corrected chi connectivity index (χ4v) is 3.78. The molecule has 7 heteroatoms. The Labute approximate surface area is 125 Å². The first-order chi connectivity index (χ1) is 9.72. The molecule has 1 N–H and O–H groups in total. The second-order valence-electron chi connectivity index (χ2n) is 4.73. The third kappa shape index (κ3) is 3.16. The molecule has 1 saturated heterocycles. The zero-order valence-corrected chi connectivity index (χ0v) is 13.0. The maximum absolute atomic E-state index is 5.73. The molecule has 0 amide bonds. The summed E-state index contributed by atoms with van der Waals surface area (Å²) in [5.41, 5.74) is 2.92. The van der Waals surface area contributed by atoms with E-state index in [-0.39, 0.29) is 0 Å². The minimum absolute atomic E-state index is 0.318. The van der Waals surface area contributed by atoms with Gasteiger partial charge in [0, 0.05) is 12.4 Å². The van der Waals surface area contributed by atoms with Crippen LogP contribution in [0, 0.1) is 6.92 Å². The van der Waals surface area contributed by atoms with Gasteiger partial charge in [0.2, 0.25) is 5.88 Å². The molecular weight excluding hydrogens is 294 g/mol. The molecule has 1 aromatic rings. The van der Waals surface area contributed by atoms with Gasteiger partial charge in [-0.2, -0.15) is 0 Å². The average molecular weight is 311 g/mol. The Morgan fingerprint density at radius 1 is 1.50 bits per heavy atom. The summed E-state index contributed by atoms with van der Waals surface area (Å²) in [4.78, 5) is 4.29. The van der Waals surface area contributed by atoms with Crippen molar-refractivity contribution in [3.63, 3.8) is 0 Å². The monoisotopic (exact) mass is 311 g/mol. The van der Waals surface area contributed by atoms with E-state index >= 15 is 0 Å². The number of thiazole rings is 1. The summed E-state index contributed by atoms with van der Waals surface area (Å²) in [5, 5.41) is 6.53. The minimum atomic E-state index is 0.318. The normalized spacial score (nSPS) is 25.1. The van der Waals surface area contributed by atoms with Crippen molar-refractivity contribution in [2.75, 3.05) is 12.4 Å². The van der Waals surface area contributed by atoms with Crippen molar-refractivity contribution in [3.05, 3.63) is 14.9 Å². The highest BCUT2D eigenvalue weighted by Gasteiger charge is 2.20. The summed E-state index contributed by atoms with van der Waals surface area (Å²) in [6.07, 6.45) is 3.87. The van der Waals surface area contributed by atoms with Crippen LogP contribution >= 0.6 is 23.1 Å². The fraction of sp³-hybridized carbons (Fsp3) is 0.538. The van der Waals surface area contributed by atoms with E-state index in [0.717, 1.165) is 33.7 Å². The zero-order valence-electron chi connectivity index (χ0n) is 11.3. The van der Waals surface area contributed by atoms with Crippen molar-refractivity contribution in [1.82, 2.24) is 10.4 Å². The standard InChI is InChI=1S/C13H17N3O2S2/c1-8-11(20-9(2)14-8)12-15-16-13(18-12)19-7-10-5-3-4-6-17-10/h10,15H,1,3-7H2,2H3. The number of hydrogen-bond acceptors (Lipinski definition) is 7. The van der Waals surface area contributed by atoms with Gasteiger partial charge in [0.1, 0.15) is 4.53 Å². The molecule has 3 heterocycles. The smallest absolute Gasteiger partial charge is 0.274 e. The number of hydrogen-bond donors (Lipinski definition) is 1. The highest BCUT2D eigenvalue weighted by Crippen LogP contribution is 2.20. The quantitative estimate of drug-likeness (QED) is 0.887. The molecule has 5 nitrogen and oxygen atoms in total. The van der Waals surface area contributed by atoms with Gasteiger partial charge in [-0.25, -0.2) is 10.4 Å². The Morgan fingerprint density at radius 3 is 3.10 bits per heavy atom. The van der Waals surface area contributed by atoms with Crippen molar-refractivity contribution in [2.45, 2.75) is 32.3 Å². The van der Waals surface area contributed by atoms with Gasteiger partial charge < -0.3 is 9.47 Å². The molecule has 0 bridgehead atoms. The van der Waals surface area contributed by atoms with Crippen LogP contribution in [0.5, 0.6) is 0 Å². The van der Waals surface area contributed by atoms with Crippen LogP contribution in [0.1, 0.15) is 24.3 Å². The Hall–Kier alpha value is -1.05. The van der Waals surface area contributed by atoms with Crippen LogP contribution in [0.4, 0.5) is 0 Å². The molecule has 1 unspecified atom stereocenters. The summed E-state index contributed by atoms with van der Waals surface area (Å²) >= 11 is 3.14. The van der Waals surface area contributed by atoms with E-state index in [4.69, 9.17) is 9.47 Å². The zero-order chi connectivity index (χ0) is 13.9. The van der Waals surface area contributed by atoms with Crippen LogP contribution in [0.2, 0.25) is 0 Å². The molecule has 0 aliphatic carbocycles. The topological polar surface area (TPSA) is 55.7 Å². The van der Waals surface area contributed by atoms with Gasteiger partial charge in [0.05, 0.1) is 16.5 Å². The highest BCUT2D eigenvalue weighted by molar-refractivity contribution is 8.13. The van der Waals surface area contributed by atoms with Crippen LogP contribution in [-0.2, 0) is 9.47 Å². The number of nitrogens with zero attached hydrogens (tertiary/aromatic N) is 2. The first-order valence-corrected chi connectivity index (χ1v) is 8.45. The lowest BCUT2D eigenvalue weighted by atomic mass is 10.1. The van der Waals surface area contributed by atoms with Crippen molar-refractivity contribution in [3.8, 4) is 0 Å². The molecule has 0 aromatic carbocycles. The van der Waals surface area contributed by atoms with E-state index < -0.39 is 0 Å². The first kappa shape index (κ1) is 13.9. The molecule has 1 aromatic heterocycles. The predicted molar refractivity (Wildman–Crippen MR) is 82.7 cm³/mol. The van der Waals surface area contributed by atoms with E-state index in [1.54, 1.807) is 23.1 Å². The van der Waals surface area contributed by atoms with Crippen LogP contribution in [-0.4, -0.2) is 28.7 Å². The number of ether oxygens (including phenoxy) is 2. The Kier molecular flexibility index (Phi) is 4.28. The number of rotatable bonds is 2. The molecule has 108 valence electrons. The van der Waals surface area contributed by atoms with Crippen molar-refractivity contribution in [2.24, 2.45) is 5.10 Å². The molecule has 0 radical (unpaired) electrons. The van der Waals surface area contributed by atoms with Crippen molar-refractivity contribution in [1.29, 1.82) is 0 Å². The second-order valence-corrected chi connectivity index (χ2v) is 6.90. The summed E-state index contributed by atoms with van der Waals surface area (Å²) < 4.78 is 12.3. The molecule has 3 rings (SSSR count). The molecular formula is C13H17N3O2S2. The van der Waals surface area contributed by atoms with Crippen molar-refractivity contribution >= 4 is 40.8 Å². The van der Waals surface area contributed by atoms with Gasteiger partial charge in [-0.1, -0.05) is 18.3 Å². The number of hydrazone groups is 1. The van der Waals surface area contributed by atoms with Gasteiger partial charge in [0.25, 0.3) is 5.23 Å². The van der Waals surface area contributed by atoms with Gasteiger partial charge in [0.15, 0.2) is 0 Å². The Bertz CT molecular complexity index is 620. The molecule has 1 atom stereocenters.